The highest BCUT2D eigenvalue weighted by Crippen LogP contribution is 2.32. The van der Waals surface area contributed by atoms with Gasteiger partial charge in [0.2, 0.25) is 0 Å². The fourth-order valence-electron chi connectivity index (χ4n) is 3.07. The Morgan fingerprint density at radius 1 is 1.29 bits per heavy atom. The molecule has 1 aliphatic rings. The molecule has 6 nitrogen and oxygen atoms in total. The van der Waals surface area contributed by atoms with E-state index in [4.69, 9.17) is 16.3 Å². The lowest BCUT2D eigenvalue weighted by molar-refractivity contribution is 0.262. The molecule has 7 heteroatoms. The van der Waals surface area contributed by atoms with E-state index in [0.29, 0.717) is 28.2 Å². The molecule has 1 aromatic carbocycles. The molecular formula is C17H21ClN4O2. The lowest BCUT2D eigenvalue weighted by atomic mass is 10.2. The van der Waals surface area contributed by atoms with E-state index in [-0.39, 0.29) is 6.03 Å². The van der Waals surface area contributed by atoms with Gasteiger partial charge in [0.15, 0.2) is 0 Å². The summed E-state index contributed by atoms with van der Waals surface area (Å²) in [5, 5.41) is 10.5. The van der Waals surface area contributed by atoms with Crippen molar-refractivity contribution < 1.29 is 9.53 Å². The highest BCUT2D eigenvalue weighted by Gasteiger charge is 2.21. The molecule has 24 heavy (non-hydrogen) atoms. The maximum atomic E-state index is 12.3. The Morgan fingerprint density at radius 3 is 2.71 bits per heavy atom. The minimum atomic E-state index is -0.362. The van der Waals surface area contributed by atoms with Crippen LogP contribution in [-0.4, -0.2) is 22.9 Å². The van der Waals surface area contributed by atoms with Crippen molar-refractivity contribution >= 4 is 29.0 Å². The molecule has 2 aromatic rings. The molecule has 3 rings (SSSR count). The second-order valence-electron chi connectivity index (χ2n) is 5.95. The zero-order valence-corrected chi connectivity index (χ0v) is 14.6. The number of hydrogen-bond donors (Lipinski definition) is 2. The molecule has 1 fully saturated rings. The van der Waals surface area contributed by atoms with Crippen molar-refractivity contribution in [1.82, 2.24) is 9.78 Å². The zero-order chi connectivity index (χ0) is 17.1. The Balaban J connectivity index is 1.69. The van der Waals surface area contributed by atoms with Crippen LogP contribution < -0.4 is 15.4 Å². The van der Waals surface area contributed by atoms with Crippen molar-refractivity contribution in [1.29, 1.82) is 0 Å². The van der Waals surface area contributed by atoms with Crippen LogP contribution >= 0.6 is 11.6 Å². The number of halogens is 1. The molecule has 0 radical (unpaired) electrons. The standard InChI is InChI=1S/C17H21ClN4O2/c1-11-16(10-19-22(11)12-5-3-4-6-12)21-17(23)20-15-9-13(24-2)7-8-14(15)18/h7-10,12H,3-6H2,1-2H3,(H2,20,21,23). The second kappa shape index (κ2) is 7.13. The molecule has 0 aliphatic heterocycles. The number of nitrogens with one attached hydrogen (secondary N) is 2. The number of amides is 2. The topological polar surface area (TPSA) is 68.2 Å². The number of urea groups is 1. The van der Waals surface area contributed by atoms with Gasteiger partial charge >= 0.3 is 6.03 Å². The number of anilines is 2. The lowest BCUT2D eigenvalue weighted by Crippen LogP contribution is -2.20. The smallest absolute Gasteiger partial charge is 0.323 e. The highest BCUT2D eigenvalue weighted by atomic mass is 35.5. The van der Waals surface area contributed by atoms with Crippen LogP contribution in [0.2, 0.25) is 5.02 Å². The van der Waals surface area contributed by atoms with Crippen LogP contribution in [0.15, 0.2) is 24.4 Å². The predicted molar refractivity (Wildman–Crippen MR) is 95.1 cm³/mol. The van der Waals surface area contributed by atoms with Gasteiger partial charge < -0.3 is 15.4 Å². The quantitative estimate of drug-likeness (QED) is 0.847. The van der Waals surface area contributed by atoms with Crippen molar-refractivity contribution in [3.05, 3.63) is 35.1 Å². The molecule has 1 saturated carbocycles. The molecule has 2 amide bonds. The second-order valence-corrected chi connectivity index (χ2v) is 6.36. The summed E-state index contributed by atoms with van der Waals surface area (Å²) in [7, 11) is 1.56. The van der Waals surface area contributed by atoms with Crippen molar-refractivity contribution in [2.45, 2.75) is 38.6 Å². The van der Waals surface area contributed by atoms with Crippen LogP contribution in [-0.2, 0) is 0 Å². The fraction of sp³-hybridized carbons (Fsp3) is 0.412. The third-order valence-electron chi connectivity index (χ3n) is 4.39. The molecule has 1 aliphatic carbocycles. The number of carbonyl (C=O) groups is 1. The van der Waals surface area contributed by atoms with Gasteiger partial charge in [-0.1, -0.05) is 24.4 Å². The molecule has 1 heterocycles. The van der Waals surface area contributed by atoms with E-state index in [1.54, 1.807) is 31.5 Å². The molecule has 2 N–H and O–H groups in total. The van der Waals surface area contributed by atoms with Crippen molar-refractivity contribution in [2.75, 3.05) is 17.7 Å². The predicted octanol–water partition coefficient (Wildman–Crippen LogP) is 4.61. The van der Waals surface area contributed by atoms with E-state index in [0.717, 1.165) is 18.5 Å². The van der Waals surface area contributed by atoms with E-state index >= 15 is 0 Å². The monoisotopic (exact) mass is 348 g/mol. The van der Waals surface area contributed by atoms with Crippen LogP contribution in [0, 0.1) is 6.92 Å². The van der Waals surface area contributed by atoms with Gasteiger partial charge in [-0.15, -0.1) is 0 Å². The highest BCUT2D eigenvalue weighted by molar-refractivity contribution is 6.33. The van der Waals surface area contributed by atoms with Gasteiger partial charge in [0.1, 0.15) is 5.75 Å². The van der Waals surface area contributed by atoms with E-state index in [1.807, 2.05) is 11.6 Å². The molecular weight excluding hydrogens is 328 g/mol. The Bertz CT molecular complexity index is 738. The average molecular weight is 349 g/mol. The van der Waals surface area contributed by atoms with Crippen LogP contribution in [0.4, 0.5) is 16.2 Å². The molecule has 0 unspecified atom stereocenters. The summed E-state index contributed by atoms with van der Waals surface area (Å²) in [6.07, 6.45) is 6.46. The number of ether oxygens (including phenoxy) is 1. The van der Waals surface area contributed by atoms with Crippen molar-refractivity contribution in [3.8, 4) is 5.75 Å². The third kappa shape index (κ3) is 3.48. The number of benzene rings is 1. The van der Waals surface area contributed by atoms with Gasteiger partial charge in [-0.3, -0.25) is 4.68 Å². The SMILES string of the molecule is COc1ccc(Cl)c(NC(=O)Nc2cnn(C3CCCC3)c2C)c1. The summed E-state index contributed by atoms with van der Waals surface area (Å²) in [6.45, 7) is 1.97. The number of methoxy groups -OCH3 is 1. The zero-order valence-electron chi connectivity index (χ0n) is 13.8. The Hall–Kier alpha value is -2.21. The first kappa shape index (κ1) is 16.6. The van der Waals surface area contributed by atoms with E-state index in [1.165, 1.54) is 12.8 Å². The van der Waals surface area contributed by atoms with E-state index in [2.05, 4.69) is 15.7 Å². The normalized spacial score (nSPS) is 14.6. The fourth-order valence-corrected chi connectivity index (χ4v) is 3.23. The van der Waals surface area contributed by atoms with E-state index in [9.17, 15) is 4.79 Å². The molecule has 1 aromatic heterocycles. The first-order valence-corrected chi connectivity index (χ1v) is 8.42. The summed E-state index contributed by atoms with van der Waals surface area (Å²) < 4.78 is 7.16. The first-order valence-electron chi connectivity index (χ1n) is 8.04. The van der Waals surface area contributed by atoms with Gasteiger partial charge in [0, 0.05) is 6.07 Å². The number of aromatic nitrogens is 2. The number of carbonyl (C=O) groups excluding carboxylic acids is 1. The Labute approximate surface area is 146 Å². The van der Waals surface area contributed by atoms with E-state index < -0.39 is 0 Å². The Kier molecular flexibility index (Phi) is 4.94. The number of hydrogen-bond acceptors (Lipinski definition) is 3. The van der Waals surface area contributed by atoms with Gasteiger partial charge in [-0.2, -0.15) is 5.10 Å². The molecule has 0 spiro atoms. The summed E-state index contributed by atoms with van der Waals surface area (Å²) >= 11 is 6.11. The summed E-state index contributed by atoms with van der Waals surface area (Å²) in [6, 6.07) is 5.17. The summed E-state index contributed by atoms with van der Waals surface area (Å²) in [5.41, 5.74) is 2.17. The average Bonchev–Trinajstić information content (AvgIpc) is 3.20. The molecule has 0 bridgehead atoms. The van der Waals surface area contributed by atoms with Crippen molar-refractivity contribution in [2.24, 2.45) is 0 Å². The largest absolute Gasteiger partial charge is 0.497 e. The van der Waals surface area contributed by atoms with Gasteiger partial charge in [0.05, 0.1) is 41.4 Å². The van der Waals surface area contributed by atoms with Crippen LogP contribution in [0.25, 0.3) is 0 Å². The lowest BCUT2D eigenvalue weighted by Gasteiger charge is -2.13. The van der Waals surface area contributed by atoms with Crippen molar-refractivity contribution in [3.63, 3.8) is 0 Å². The maximum absolute atomic E-state index is 12.3. The minimum Gasteiger partial charge on any atom is -0.497 e. The molecule has 0 saturated heterocycles. The van der Waals surface area contributed by atoms with Crippen LogP contribution in [0.3, 0.4) is 0 Å². The first-order chi connectivity index (χ1) is 11.6. The van der Waals surface area contributed by atoms with Gasteiger partial charge in [-0.05, 0) is 31.9 Å². The molecule has 128 valence electrons. The van der Waals surface area contributed by atoms with Gasteiger partial charge in [-0.25, -0.2) is 4.79 Å². The maximum Gasteiger partial charge on any atom is 0.323 e. The minimum absolute atomic E-state index is 0.362. The number of nitrogens with zero attached hydrogens (tertiary/aromatic N) is 2. The molecule has 0 atom stereocenters. The third-order valence-corrected chi connectivity index (χ3v) is 4.71. The van der Waals surface area contributed by atoms with Gasteiger partial charge in [0.25, 0.3) is 0 Å². The summed E-state index contributed by atoms with van der Waals surface area (Å²) in [4.78, 5) is 12.3. The van der Waals surface area contributed by atoms with Crippen LogP contribution in [0.5, 0.6) is 5.75 Å². The van der Waals surface area contributed by atoms with Crippen LogP contribution in [0.1, 0.15) is 37.4 Å². The summed E-state index contributed by atoms with van der Waals surface area (Å²) in [5.74, 6) is 0.625. The number of rotatable bonds is 4. The Morgan fingerprint density at radius 2 is 2.00 bits per heavy atom.